The lowest BCUT2D eigenvalue weighted by molar-refractivity contribution is 0.274. The van der Waals surface area contributed by atoms with E-state index in [1.54, 1.807) is 12.4 Å². The number of aryl methyl sites for hydroxylation is 1. The van der Waals surface area contributed by atoms with Gasteiger partial charge in [-0.3, -0.25) is 4.98 Å². The molecule has 0 bridgehead atoms. The van der Waals surface area contributed by atoms with Crippen LogP contribution in [0.3, 0.4) is 0 Å². The molecular formula is C12H21N3. The van der Waals surface area contributed by atoms with E-state index in [0.717, 1.165) is 18.1 Å². The lowest BCUT2D eigenvalue weighted by Crippen LogP contribution is -2.25. The number of anilines is 1. The maximum atomic E-state index is 4.26. The average molecular weight is 207 g/mol. The molecule has 84 valence electrons. The molecule has 1 rings (SSSR count). The minimum Gasteiger partial charge on any atom is -0.368 e. The second-order valence-electron chi connectivity index (χ2n) is 5.14. The average Bonchev–Trinajstić information content (AvgIpc) is 2.14. The van der Waals surface area contributed by atoms with Gasteiger partial charge in [0.1, 0.15) is 5.82 Å². The van der Waals surface area contributed by atoms with Gasteiger partial charge < -0.3 is 5.32 Å². The molecule has 0 aliphatic heterocycles. The van der Waals surface area contributed by atoms with Gasteiger partial charge in [0.2, 0.25) is 0 Å². The van der Waals surface area contributed by atoms with Crippen LogP contribution in [-0.4, -0.2) is 16.5 Å². The summed E-state index contributed by atoms with van der Waals surface area (Å²) in [7, 11) is 0. The Kier molecular flexibility index (Phi) is 3.66. The molecule has 0 aliphatic carbocycles. The van der Waals surface area contributed by atoms with Crippen LogP contribution in [0.1, 0.15) is 33.4 Å². The second-order valence-corrected chi connectivity index (χ2v) is 5.14. The largest absolute Gasteiger partial charge is 0.368 e. The number of hydrogen-bond acceptors (Lipinski definition) is 3. The van der Waals surface area contributed by atoms with Gasteiger partial charge in [-0.05, 0) is 18.3 Å². The zero-order valence-electron chi connectivity index (χ0n) is 10.3. The Labute approximate surface area is 92.3 Å². The summed E-state index contributed by atoms with van der Waals surface area (Å²) in [6, 6.07) is 0. The molecule has 1 atom stereocenters. The van der Waals surface area contributed by atoms with Crippen molar-refractivity contribution in [1.82, 2.24) is 9.97 Å². The fourth-order valence-electron chi connectivity index (χ4n) is 1.14. The van der Waals surface area contributed by atoms with E-state index in [1.165, 1.54) is 0 Å². The van der Waals surface area contributed by atoms with Gasteiger partial charge in [-0.1, -0.05) is 27.7 Å². The lowest BCUT2D eigenvalue weighted by atomic mass is 9.82. The van der Waals surface area contributed by atoms with Gasteiger partial charge in [-0.15, -0.1) is 0 Å². The first-order valence-electron chi connectivity index (χ1n) is 5.42. The van der Waals surface area contributed by atoms with Crippen LogP contribution in [0.2, 0.25) is 0 Å². The fraction of sp³-hybridized carbons (Fsp3) is 0.667. The quantitative estimate of drug-likeness (QED) is 0.828. The Bertz CT molecular complexity index is 315. The first kappa shape index (κ1) is 12.0. The van der Waals surface area contributed by atoms with Crippen LogP contribution >= 0.6 is 0 Å². The summed E-state index contributed by atoms with van der Waals surface area (Å²) < 4.78 is 0. The van der Waals surface area contributed by atoms with Gasteiger partial charge in [0.25, 0.3) is 0 Å². The maximum Gasteiger partial charge on any atom is 0.147 e. The summed E-state index contributed by atoms with van der Waals surface area (Å²) in [6.07, 6.45) is 3.44. The number of aromatic nitrogens is 2. The molecular weight excluding hydrogens is 186 g/mol. The predicted octanol–water partition coefficient (Wildman–Crippen LogP) is 2.88. The van der Waals surface area contributed by atoms with Crippen molar-refractivity contribution in [3.05, 3.63) is 18.1 Å². The van der Waals surface area contributed by atoms with Crippen molar-refractivity contribution in [1.29, 1.82) is 0 Å². The van der Waals surface area contributed by atoms with E-state index in [9.17, 15) is 0 Å². The van der Waals surface area contributed by atoms with Crippen molar-refractivity contribution in [3.8, 4) is 0 Å². The molecule has 1 aromatic heterocycles. The molecule has 1 heterocycles. The van der Waals surface area contributed by atoms with Crippen molar-refractivity contribution in [2.45, 2.75) is 34.6 Å². The third-order valence-electron chi connectivity index (χ3n) is 2.94. The van der Waals surface area contributed by atoms with Crippen LogP contribution in [0, 0.1) is 18.3 Å². The van der Waals surface area contributed by atoms with Crippen molar-refractivity contribution in [3.63, 3.8) is 0 Å². The van der Waals surface area contributed by atoms with E-state index in [-0.39, 0.29) is 0 Å². The van der Waals surface area contributed by atoms with Crippen LogP contribution in [0.5, 0.6) is 0 Å². The lowest BCUT2D eigenvalue weighted by Gasteiger charge is -2.27. The molecule has 0 saturated heterocycles. The van der Waals surface area contributed by atoms with Gasteiger partial charge in [0.15, 0.2) is 0 Å². The first-order valence-corrected chi connectivity index (χ1v) is 5.42. The van der Waals surface area contributed by atoms with Gasteiger partial charge in [-0.2, -0.15) is 0 Å². The molecule has 0 aliphatic rings. The fourth-order valence-corrected chi connectivity index (χ4v) is 1.14. The van der Waals surface area contributed by atoms with Crippen molar-refractivity contribution >= 4 is 5.82 Å². The van der Waals surface area contributed by atoms with Gasteiger partial charge in [0.05, 0.1) is 5.69 Å². The molecule has 15 heavy (non-hydrogen) atoms. The predicted molar refractivity (Wildman–Crippen MR) is 63.9 cm³/mol. The zero-order chi connectivity index (χ0) is 11.5. The van der Waals surface area contributed by atoms with E-state index >= 15 is 0 Å². The number of nitrogens with one attached hydrogen (secondary N) is 1. The van der Waals surface area contributed by atoms with Crippen LogP contribution in [0.15, 0.2) is 12.4 Å². The summed E-state index contributed by atoms with van der Waals surface area (Å²) in [5.41, 5.74) is 1.28. The normalized spacial score (nSPS) is 13.7. The molecule has 1 unspecified atom stereocenters. The monoisotopic (exact) mass is 207 g/mol. The molecule has 0 spiro atoms. The smallest absolute Gasteiger partial charge is 0.147 e. The van der Waals surface area contributed by atoms with Crippen molar-refractivity contribution in [2.24, 2.45) is 11.3 Å². The summed E-state index contributed by atoms with van der Waals surface area (Å²) in [4.78, 5) is 8.45. The molecule has 0 amide bonds. The highest BCUT2D eigenvalue weighted by Crippen LogP contribution is 2.25. The molecule has 0 radical (unpaired) electrons. The summed E-state index contributed by atoms with van der Waals surface area (Å²) in [5, 5.41) is 3.35. The zero-order valence-corrected chi connectivity index (χ0v) is 10.3. The molecule has 3 heteroatoms. The number of nitrogens with zero attached hydrogens (tertiary/aromatic N) is 2. The summed E-state index contributed by atoms with van der Waals surface area (Å²) >= 11 is 0. The van der Waals surface area contributed by atoms with Crippen molar-refractivity contribution < 1.29 is 0 Å². The van der Waals surface area contributed by atoms with Gasteiger partial charge in [-0.25, -0.2) is 4.98 Å². The Morgan fingerprint density at radius 3 is 2.40 bits per heavy atom. The third-order valence-corrected chi connectivity index (χ3v) is 2.94. The Morgan fingerprint density at radius 1 is 1.27 bits per heavy atom. The third kappa shape index (κ3) is 3.50. The molecule has 3 nitrogen and oxygen atoms in total. The van der Waals surface area contributed by atoms with E-state index < -0.39 is 0 Å². The highest BCUT2D eigenvalue weighted by Gasteiger charge is 2.19. The van der Waals surface area contributed by atoms with Crippen molar-refractivity contribution in [2.75, 3.05) is 11.9 Å². The van der Waals surface area contributed by atoms with E-state index in [0.29, 0.717) is 11.3 Å². The highest BCUT2D eigenvalue weighted by atomic mass is 15.0. The summed E-state index contributed by atoms with van der Waals surface area (Å²) in [6.45, 7) is 11.9. The number of hydrogen-bond donors (Lipinski definition) is 1. The first-order chi connectivity index (χ1) is 6.91. The standard InChI is InChI=1S/C12H21N3/c1-9(12(3,4)5)8-15-11-10(2)13-6-7-14-11/h6-7,9H,8H2,1-5H3,(H,14,15). The minimum absolute atomic E-state index is 0.323. The minimum atomic E-state index is 0.323. The number of rotatable bonds is 3. The molecule has 0 aromatic carbocycles. The Hall–Kier alpha value is -1.12. The Morgan fingerprint density at radius 2 is 1.87 bits per heavy atom. The van der Waals surface area contributed by atoms with E-state index in [1.807, 2.05) is 6.92 Å². The molecule has 1 N–H and O–H groups in total. The van der Waals surface area contributed by atoms with E-state index in [2.05, 4.69) is 43.0 Å². The maximum absolute atomic E-state index is 4.26. The van der Waals surface area contributed by atoms with Crippen LogP contribution in [0.4, 0.5) is 5.82 Å². The molecule has 0 saturated carbocycles. The molecule has 1 aromatic rings. The van der Waals surface area contributed by atoms with Crippen LogP contribution < -0.4 is 5.32 Å². The SMILES string of the molecule is Cc1nccnc1NCC(C)C(C)(C)C. The highest BCUT2D eigenvalue weighted by molar-refractivity contribution is 5.38. The van der Waals surface area contributed by atoms with Crippen LogP contribution in [-0.2, 0) is 0 Å². The summed E-state index contributed by atoms with van der Waals surface area (Å²) in [5.74, 6) is 1.49. The van der Waals surface area contributed by atoms with Gasteiger partial charge >= 0.3 is 0 Å². The second kappa shape index (κ2) is 4.60. The molecule has 0 fully saturated rings. The van der Waals surface area contributed by atoms with Gasteiger partial charge in [0, 0.05) is 18.9 Å². The van der Waals surface area contributed by atoms with E-state index in [4.69, 9.17) is 0 Å². The van der Waals surface area contributed by atoms with Crippen LogP contribution in [0.25, 0.3) is 0 Å². The topological polar surface area (TPSA) is 37.8 Å². The Balaban J connectivity index is 2.55.